The zero-order chi connectivity index (χ0) is 18.6. The van der Waals surface area contributed by atoms with E-state index in [0.717, 1.165) is 41.8 Å². The number of fused-ring (bicyclic) bond motifs is 1. The fourth-order valence-corrected chi connectivity index (χ4v) is 4.21. The van der Waals surface area contributed by atoms with Crippen molar-refractivity contribution in [3.63, 3.8) is 0 Å². The molecule has 1 fully saturated rings. The van der Waals surface area contributed by atoms with Gasteiger partial charge in [0.25, 0.3) is 5.22 Å². The zero-order valence-corrected chi connectivity index (χ0v) is 16.1. The Morgan fingerprint density at radius 1 is 1.26 bits per heavy atom. The van der Waals surface area contributed by atoms with Gasteiger partial charge in [0.1, 0.15) is 11.3 Å². The summed E-state index contributed by atoms with van der Waals surface area (Å²) in [4.78, 5) is 19.2. The van der Waals surface area contributed by atoms with E-state index in [1.807, 2.05) is 48.2 Å². The number of aromatic nitrogens is 1. The second-order valence-corrected chi connectivity index (χ2v) is 7.41. The summed E-state index contributed by atoms with van der Waals surface area (Å²) in [5.41, 5.74) is 2.73. The van der Waals surface area contributed by atoms with Crippen LogP contribution in [0.3, 0.4) is 0 Å². The van der Waals surface area contributed by atoms with Crippen molar-refractivity contribution in [3.05, 3.63) is 54.1 Å². The second-order valence-electron chi connectivity index (χ2n) is 6.48. The lowest BCUT2D eigenvalue weighted by atomic mass is 10.0. The molecule has 0 N–H and O–H groups in total. The first kappa shape index (κ1) is 17.9. The lowest BCUT2D eigenvalue weighted by molar-refractivity contribution is -0.129. The number of amides is 1. The van der Waals surface area contributed by atoms with Crippen LogP contribution in [0.1, 0.15) is 31.4 Å². The molecular formula is C21H22N2O3S. The highest BCUT2D eigenvalue weighted by molar-refractivity contribution is 7.99. The van der Waals surface area contributed by atoms with Gasteiger partial charge in [-0.3, -0.25) is 4.79 Å². The topological polar surface area (TPSA) is 55.6 Å². The number of oxazole rings is 1. The fraction of sp³-hybridized carbons (Fsp3) is 0.333. The van der Waals surface area contributed by atoms with Crippen LogP contribution < -0.4 is 4.74 Å². The molecule has 140 valence electrons. The lowest BCUT2D eigenvalue weighted by Gasteiger charge is -2.25. The molecule has 1 atom stereocenters. The maximum atomic E-state index is 12.8. The average molecular weight is 382 g/mol. The summed E-state index contributed by atoms with van der Waals surface area (Å²) < 4.78 is 11.2. The highest BCUT2D eigenvalue weighted by Gasteiger charge is 2.30. The number of likely N-dealkylation sites (tertiary alicyclic amines) is 1. The lowest BCUT2D eigenvalue weighted by Crippen LogP contribution is -2.31. The largest absolute Gasteiger partial charge is 0.494 e. The minimum absolute atomic E-state index is 0.124. The van der Waals surface area contributed by atoms with E-state index >= 15 is 0 Å². The first-order valence-electron chi connectivity index (χ1n) is 9.25. The Labute approximate surface area is 162 Å². The van der Waals surface area contributed by atoms with Crippen molar-refractivity contribution < 1.29 is 13.9 Å². The van der Waals surface area contributed by atoms with E-state index < -0.39 is 0 Å². The molecule has 1 aliphatic rings. The molecule has 3 aromatic rings. The Hall–Kier alpha value is -2.47. The Morgan fingerprint density at radius 2 is 2.07 bits per heavy atom. The van der Waals surface area contributed by atoms with Crippen LogP contribution in [0, 0.1) is 0 Å². The molecule has 1 amide bonds. The number of carbonyl (C=O) groups is 1. The number of rotatable bonds is 6. The highest BCUT2D eigenvalue weighted by Crippen LogP contribution is 2.34. The number of nitrogens with zero attached hydrogens (tertiary/aromatic N) is 2. The summed E-state index contributed by atoms with van der Waals surface area (Å²) in [6.45, 7) is 3.42. The SMILES string of the molecule is CCOc1ccc(C2CCCN2C(=O)CSc2nc3ccccc3o2)cc1. The summed E-state index contributed by atoms with van der Waals surface area (Å²) in [6.07, 6.45) is 2.02. The number of hydrogen-bond donors (Lipinski definition) is 0. The van der Waals surface area contributed by atoms with E-state index in [1.165, 1.54) is 11.8 Å². The molecule has 27 heavy (non-hydrogen) atoms. The molecule has 4 rings (SSSR count). The third-order valence-corrected chi connectivity index (χ3v) is 5.56. The smallest absolute Gasteiger partial charge is 0.257 e. The van der Waals surface area contributed by atoms with Crippen LogP contribution >= 0.6 is 11.8 Å². The van der Waals surface area contributed by atoms with Gasteiger partial charge in [0.15, 0.2) is 5.58 Å². The quantitative estimate of drug-likeness (QED) is 0.579. The number of hydrogen-bond acceptors (Lipinski definition) is 5. The minimum atomic E-state index is 0.124. The molecule has 0 saturated carbocycles. The van der Waals surface area contributed by atoms with Crippen molar-refractivity contribution in [3.8, 4) is 5.75 Å². The van der Waals surface area contributed by atoms with Gasteiger partial charge in [-0.05, 0) is 49.6 Å². The van der Waals surface area contributed by atoms with Gasteiger partial charge in [0.2, 0.25) is 5.91 Å². The average Bonchev–Trinajstić information content (AvgIpc) is 3.34. The Morgan fingerprint density at radius 3 is 2.85 bits per heavy atom. The Balaban J connectivity index is 1.41. The molecule has 6 heteroatoms. The maximum Gasteiger partial charge on any atom is 0.257 e. The third-order valence-electron chi connectivity index (χ3n) is 4.74. The number of ether oxygens (including phenoxy) is 1. The van der Waals surface area contributed by atoms with E-state index in [1.54, 1.807) is 0 Å². The molecule has 1 unspecified atom stereocenters. The summed E-state index contributed by atoms with van der Waals surface area (Å²) in [6, 6.07) is 15.9. The fourth-order valence-electron chi connectivity index (χ4n) is 3.48. The number of benzene rings is 2. The molecule has 2 heterocycles. The normalized spacial score (nSPS) is 16.8. The van der Waals surface area contributed by atoms with Gasteiger partial charge in [0, 0.05) is 6.54 Å². The van der Waals surface area contributed by atoms with Crippen LogP contribution in [0.25, 0.3) is 11.1 Å². The Bertz CT molecular complexity index is 890. The van der Waals surface area contributed by atoms with Gasteiger partial charge < -0.3 is 14.1 Å². The second kappa shape index (κ2) is 8.05. The summed E-state index contributed by atoms with van der Waals surface area (Å²) in [5.74, 6) is 1.32. The highest BCUT2D eigenvalue weighted by atomic mass is 32.2. The van der Waals surface area contributed by atoms with Crippen molar-refractivity contribution in [2.45, 2.75) is 31.0 Å². The van der Waals surface area contributed by atoms with E-state index in [9.17, 15) is 4.79 Å². The summed E-state index contributed by atoms with van der Waals surface area (Å²) >= 11 is 1.36. The molecule has 1 aromatic heterocycles. The van der Waals surface area contributed by atoms with Crippen molar-refractivity contribution >= 4 is 28.8 Å². The van der Waals surface area contributed by atoms with E-state index in [-0.39, 0.29) is 11.9 Å². The molecule has 5 nitrogen and oxygen atoms in total. The number of carbonyl (C=O) groups excluding carboxylic acids is 1. The van der Waals surface area contributed by atoms with Crippen molar-refractivity contribution in [1.29, 1.82) is 0 Å². The van der Waals surface area contributed by atoms with E-state index in [0.29, 0.717) is 17.6 Å². The van der Waals surface area contributed by atoms with Crippen LogP contribution in [-0.2, 0) is 4.79 Å². The first-order chi connectivity index (χ1) is 13.2. The van der Waals surface area contributed by atoms with Gasteiger partial charge in [-0.2, -0.15) is 0 Å². The van der Waals surface area contributed by atoms with Crippen LogP contribution in [0.4, 0.5) is 0 Å². The standard InChI is InChI=1S/C21H22N2O3S/c1-2-25-16-11-9-15(10-12-16)18-7-5-13-23(18)20(24)14-27-21-22-17-6-3-4-8-19(17)26-21/h3-4,6,8-12,18H,2,5,7,13-14H2,1H3. The minimum Gasteiger partial charge on any atom is -0.494 e. The molecule has 1 saturated heterocycles. The van der Waals surface area contributed by atoms with Crippen LogP contribution in [-0.4, -0.2) is 34.7 Å². The van der Waals surface area contributed by atoms with Gasteiger partial charge >= 0.3 is 0 Å². The van der Waals surface area contributed by atoms with Gasteiger partial charge in [-0.15, -0.1) is 0 Å². The van der Waals surface area contributed by atoms with Crippen molar-refractivity contribution in [1.82, 2.24) is 9.88 Å². The van der Waals surface area contributed by atoms with E-state index in [4.69, 9.17) is 9.15 Å². The van der Waals surface area contributed by atoms with Crippen LogP contribution in [0.15, 0.2) is 58.2 Å². The molecule has 0 spiro atoms. The zero-order valence-electron chi connectivity index (χ0n) is 15.3. The van der Waals surface area contributed by atoms with Crippen molar-refractivity contribution in [2.75, 3.05) is 18.9 Å². The molecular weight excluding hydrogens is 360 g/mol. The molecule has 0 bridgehead atoms. The summed E-state index contributed by atoms with van der Waals surface area (Å²) in [7, 11) is 0. The third kappa shape index (κ3) is 3.95. The van der Waals surface area contributed by atoms with Gasteiger partial charge in [0.05, 0.1) is 18.4 Å². The van der Waals surface area contributed by atoms with E-state index in [2.05, 4.69) is 17.1 Å². The first-order valence-corrected chi connectivity index (χ1v) is 10.2. The van der Waals surface area contributed by atoms with Crippen LogP contribution in [0.5, 0.6) is 5.75 Å². The number of thioether (sulfide) groups is 1. The number of para-hydroxylation sites is 2. The molecule has 0 aliphatic carbocycles. The van der Waals surface area contributed by atoms with Gasteiger partial charge in [-0.25, -0.2) is 4.98 Å². The molecule has 0 radical (unpaired) electrons. The summed E-state index contributed by atoms with van der Waals surface area (Å²) in [5, 5.41) is 0.543. The van der Waals surface area contributed by atoms with Gasteiger partial charge in [-0.1, -0.05) is 36.0 Å². The Kier molecular flexibility index (Phi) is 5.34. The van der Waals surface area contributed by atoms with Crippen LogP contribution in [0.2, 0.25) is 0 Å². The predicted molar refractivity (Wildman–Crippen MR) is 106 cm³/mol. The van der Waals surface area contributed by atoms with Crippen molar-refractivity contribution in [2.24, 2.45) is 0 Å². The maximum absolute atomic E-state index is 12.8. The molecule has 2 aromatic carbocycles. The predicted octanol–water partition coefficient (Wildman–Crippen LogP) is 4.68. The monoisotopic (exact) mass is 382 g/mol. The molecule has 1 aliphatic heterocycles.